The van der Waals surface area contributed by atoms with Crippen LogP contribution in [-0.4, -0.2) is 66.6 Å². The van der Waals surface area contributed by atoms with E-state index in [0.29, 0.717) is 38.3 Å². The number of amides is 1. The first kappa shape index (κ1) is 24.3. The van der Waals surface area contributed by atoms with Crippen molar-refractivity contribution in [2.24, 2.45) is 0 Å². The molecule has 0 aliphatic carbocycles. The summed E-state index contributed by atoms with van der Waals surface area (Å²) < 4.78 is 32.9. The zero-order valence-corrected chi connectivity index (χ0v) is 21.4. The van der Waals surface area contributed by atoms with Gasteiger partial charge in [0, 0.05) is 44.3 Å². The van der Waals surface area contributed by atoms with E-state index in [0.717, 1.165) is 16.5 Å². The standard InChI is InChI=1S/C27H29N3O5S/c1-27(2,3)35-26(32)30-18-20(21-9-5-6-10-22(21)30)17-28-12-14-29(15-13-28)25(31)24-16-19-8-4-7-11-23(19)36(24,33)34/h4-11,16,18H,12-15,17H2,1-3H3. The third kappa shape index (κ3) is 4.44. The maximum atomic E-state index is 13.1. The molecule has 1 amide bonds. The summed E-state index contributed by atoms with van der Waals surface area (Å²) in [4.78, 5) is 29.8. The van der Waals surface area contributed by atoms with Crippen LogP contribution in [0.3, 0.4) is 0 Å². The average molecular weight is 508 g/mol. The smallest absolute Gasteiger partial charge is 0.419 e. The molecule has 1 aromatic heterocycles. The average Bonchev–Trinajstić information content (AvgIpc) is 3.33. The number of sulfone groups is 1. The van der Waals surface area contributed by atoms with E-state index in [1.54, 1.807) is 27.7 Å². The van der Waals surface area contributed by atoms with Crippen LogP contribution in [0.1, 0.15) is 31.9 Å². The quantitative estimate of drug-likeness (QED) is 0.534. The summed E-state index contributed by atoms with van der Waals surface area (Å²) in [5, 5.41) is 0.974. The van der Waals surface area contributed by atoms with Crippen LogP contribution in [0, 0.1) is 0 Å². The Labute approximate surface area is 210 Å². The van der Waals surface area contributed by atoms with Crippen molar-refractivity contribution < 1.29 is 22.7 Å². The first-order valence-corrected chi connectivity index (χ1v) is 13.4. The minimum atomic E-state index is -3.79. The third-order valence-corrected chi connectivity index (χ3v) is 8.26. The number of nitrogens with zero attached hydrogens (tertiary/aromatic N) is 3. The maximum Gasteiger partial charge on any atom is 0.419 e. The Morgan fingerprint density at radius 1 is 0.944 bits per heavy atom. The summed E-state index contributed by atoms with van der Waals surface area (Å²) in [6, 6.07) is 14.4. The van der Waals surface area contributed by atoms with Crippen LogP contribution in [0.5, 0.6) is 0 Å². The molecule has 2 aliphatic rings. The van der Waals surface area contributed by atoms with E-state index in [1.165, 1.54) is 12.1 Å². The van der Waals surface area contributed by atoms with Gasteiger partial charge in [-0.15, -0.1) is 0 Å². The molecule has 2 aromatic carbocycles. The lowest BCUT2D eigenvalue weighted by atomic mass is 10.1. The molecule has 1 saturated heterocycles. The van der Waals surface area contributed by atoms with Gasteiger partial charge in [0.05, 0.1) is 10.4 Å². The fraction of sp³-hybridized carbons (Fsp3) is 0.333. The van der Waals surface area contributed by atoms with Gasteiger partial charge in [0.1, 0.15) is 10.5 Å². The van der Waals surface area contributed by atoms with E-state index < -0.39 is 27.4 Å². The molecule has 3 heterocycles. The SMILES string of the molecule is CC(C)(C)OC(=O)n1cc(CN2CCN(C(=O)C3=Cc4ccccc4S3(=O)=O)CC2)c2ccccc21. The van der Waals surface area contributed by atoms with Crippen LogP contribution in [0.25, 0.3) is 17.0 Å². The van der Waals surface area contributed by atoms with Crippen molar-refractivity contribution in [2.45, 2.75) is 37.8 Å². The Kier molecular flexibility index (Phi) is 6.00. The second kappa shape index (κ2) is 8.90. The van der Waals surface area contributed by atoms with Crippen molar-refractivity contribution in [3.8, 4) is 0 Å². The number of piperazine rings is 1. The number of carbonyl (C=O) groups is 2. The summed E-state index contributed by atoms with van der Waals surface area (Å²) in [5.41, 5.74) is 1.73. The molecule has 8 nitrogen and oxygen atoms in total. The Balaban J connectivity index is 1.29. The zero-order chi connectivity index (χ0) is 25.7. The van der Waals surface area contributed by atoms with Gasteiger partial charge < -0.3 is 9.64 Å². The molecular weight excluding hydrogens is 478 g/mol. The number of fused-ring (bicyclic) bond motifs is 2. The highest BCUT2D eigenvalue weighted by molar-refractivity contribution is 7.96. The molecule has 0 saturated carbocycles. The largest absolute Gasteiger partial charge is 0.443 e. The molecule has 188 valence electrons. The third-order valence-electron chi connectivity index (χ3n) is 6.43. The molecule has 0 bridgehead atoms. The predicted molar refractivity (Wildman–Crippen MR) is 137 cm³/mol. The van der Waals surface area contributed by atoms with Crippen molar-refractivity contribution in [1.29, 1.82) is 0 Å². The molecule has 5 rings (SSSR count). The van der Waals surface area contributed by atoms with Crippen LogP contribution >= 0.6 is 0 Å². The van der Waals surface area contributed by atoms with E-state index in [-0.39, 0.29) is 9.80 Å². The summed E-state index contributed by atoms with van der Waals surface area (Å²) in [5.74, 6) is -0.452. The van der Waals surface area contributed by atoms with Crippen molar-refractivity contribution >= 4 is 38.8 Å². The van der Waals surface area contributed by atoms with Gasteiger partial charge in [0.2, 0.25) is 9.84 Å². The van der Waals surface area contributed by atoms with Crippen molar-refractivity contribution in [1.82, 2.24) is 14.4 Å². The van der Waals surface area contributed by atoms with Crippen molar-refractivity contribution in [3.63, 3.8) is 0 Å². The lowest BCUT2D eigenvalue weighted by Crippen LogP contribution is -2.49. The van der Waals surface area contributed by atoms with Gasteiger partial charge in [-0.05, 0) is 50.1 Å². The van der Waals surface area contributed by atoms with E-state index in [2.05, 4.69) is 4.90 Å². The molecule has 0 unspecified atom stereocenters. The maximum absolute atomic E-state index is 13.1. The second-order valence-corrected chi connectivity index (χ2v) is 12.0. The molecule has 0 radical (unpaired) electrons. The van der Waals surface area contributed by atoms with Gasteiger partial charge in [-0.1, -0.05) is 36.4 Å². The number of carbonyl (C=O) groups excluding carboxylic acids is 2. The highest BCUT2D eigenvalue weighted by Gasteiger charge is 2.37. The number of hydrogen-bond acceptors (Lipinski definition) is 6. The lowest BCUT2D eigenvalue weighted by Gasteiger charge is -2.34. The Hall–Kier alpha value is -3.43. The van der Waals surface area contributed by atoms with Crippen LogP contribution in [0.2, 0.25) is 0 Å². The Morgan fingerprint density at radius 2 is 1.61 bits per heavy atom. The molecular formula is C27H29N3O5S. The monoisotopic (exact) mass is 507 g/mol. The summed E-state index contributed by atoms with van der Waals surface area (Å²) in [7, 11) is -3.79. The van der Waals surface area contributed by atoms with E-state index >= 15 is 0 Å². The molecule has 1 fully saturated rings. The molecule has 0 spiro atoms. The van der Waals surface area contributed by atoms with E-state index in [1.807, 2.05) is 51.2 Å². The molecule has 36 heavy (non-hydrogen) atoms. The van der Waals surface area contributed by atoms with Crippen LogP contribution < -0.4 is 0 Å². The fourth-order valence-electron chi connectivity index (χ4n) is 4.70. The van der Waals surface area contributed by atoms with Crippen LogP contribution in [0.15, 0.2) is 64.5 Å². The van der Waals surface area contributed by atoms with Crippen LogP contribution in [0.4, 0.5) is 4.79 Å². The lowest BCUT2D eigenvalue weighted by molar-refractivity contribution is -0.128. The molecule has 2 aliphatic heterocycles. The number of aromatic nitrogens is 1. The second-order valence-electron chi connectivity index (χ2n) is 10.1. The molecule has 0 N–H and O–H groups in total. The number of para-hydroxylation sites is 1. The van der Waals surface area contributed by atoms with Crippen LogP contribution in [-0.2, 0) is 25.9 Å². The number of benzene rings is 2. The molecule has 3 aromatic rings. The van der Waals surface area contributed by atoms with E-state index in [4.69, 9.17) is 4.74 Å². The topological polar surface area (TPSA) is 88.9 Å². The van der Waals surface area contributed by atoms with Crippen molar-refractivity contribution in [3.05, 3.63) is 70.8 Å². The number of rotatable bonds is 3. The number of ether oxygens (including phenoxy) is 1. The zero-order valence-electron chi connectivity index (χ0n) is 20.6. The Morgan fingerprint density at radius 3 is 2.31 bits per heavy atom. The summed E-state index contributed by atoms with van der Waals surface area (Å²) in [6.07, 6.45) is 2.88. The first-order chi connectivity index (χ1) is 17.0. The summed E-state index contributed by atoms with van der Waals surface area (Å²) >= 11 is 0. The fourth-order valence-corrected chi connectivity index (χ4v) is 6.28. The summed E-state index contributed by atoms with van der Waals surface area (Å²) in [6.45, 7) is 8.15. The van der Waals surface area contributed by atoms with Gasteiger partial charge in [-0.25, -0.2) is 13.2 Å². The van der Waals surface area contributed by atoms with Gasteiger partial charge in [-0.2, -0.15) is 0 Å². The Bertz CT molecular complexity index is 1490. The van der Waals surface area contributed by atoms with Gasteiger partial charge in [0.25, 0.3) is 5.91 Å². The molecule has 9 heteroatoms. The normalized spacial score (nSPS) is 17.6. The van der Waals surface area contributed by atoms with E-state index in [9.17, 15) is 18.0 Å². The van der Waals surface area contributed by atoms with Gasteiger partial charge >= 0.3 is 6.09 Å². The highest BCUT2D eigenvalue weighted by Crippen LogP contribution is 2.34. The number of hydrogen-bond donors (Lipinski definition) is 0. The molecule has 0 atom stereocenters. The first-order valence-electron chi connectivity index (χ1n) is 11.9. The minimum Gasteiger partial charge on any atom is -0.443 e. The van der Waals surface area contributed by atoms with Gasteiger partial charge in [0.15, 0.2) is 0 Å². The van der Waals surface area contributed by atoms with Gasteiger partial charge in [-0.3, -0.25) is 14.3 Å². The highest BCUT2D eigenvalue weighted by atomic mass is 32.2. The van der Waals surface area contributed by atoms with Crippen molar-refractivity contribution in [2.75, 3.05) is 26.2 Å². The predicted octanol–water partition coefficient (Wildman–Crippen LogP) is 3.90. The minimum absolute atomic E-state index is 0.155.